The smallest absolute Gasteiger partial charge is 0.176 e. The summed E-state index contributed by atoms with van der Waals surface area (Å²) in [6, 6.07) is 2.24. The molecule has 0 saturated carbocycles. The van der Waals surface area contributed by atoms with Gasteiger partial charge in [0.25, 0.3) is 0 Å². The van der Waals surface area contributed by atoms with Gasteiger partial charge in [0.1, 0.15) is 6.10 Å². The normalized spacial score (nSPS) is 28.3. The number of benzene rings is 1. The van der Waals surface area contributed by atoms with Crippen LogP contribution in [0.5, 0.6) is 11.5 Å². The first-order valence-electron chi connectivity index (χ1n) is 10.0. The molecule has 2 saturated heterocycles. The van der Waals surface area contributed by atoms with Crippen LogP contribution < -0.4 is 9.47 Å². The summed E-state index contributed by atoms with van der Waals surface area (Å²) in [4.78, 5) is 2.43. The third-order valence-electron chi connectivity index (χ3n) is 5.70. The van der Waals surface area contributed by atoms with Gasteiger partial charge >= 0.3 is 0 Å². The molecule has 0 spiro atoms. The molecule has 3 heterocycles. The van der Waals surface area contributed by atoms with Crippen LogP contribution in [-0.2, 0) is 15.9 Å². The summed E-state index contributed by atoms with van der Waals surface area (Å²) in [5.41, 5.74) is 2.19. The molecule has 3 atom stereocenters. The molecule has 28 heavy (non-hydrogen) atoms. The summed E-state index contributed by atoms with van der Waals surface area (Å²) in [5, 5.41) is 10.8. The van der Waals surface area contributed by atoms with E-state index < -0.39 is 6.10 Å². The summed E-state index contributed by atoms with van der Waals surface area (Å²) in [6.07, 6.45) is 1.01. The minimum Gasteiger partial charge on any atom is -0.493 e. The van der Waals surface area contributed by atoms with Gasteiger partial charge < -0.3 is 24.1 Å². The van der Waals surface area contributed by atoms with Gasteiger partial charge in [-0.05, 0) is 66.7 Å². The fourth-order valence-electron chi connectivity index (χ4n) is 4.33. The van der Waals surface area contributed by atoms with E-state index in [4.69, 9.17) is 18.9 Å². The van der Waals surface area contributed by atoms with Gasteiger partial charge in [-0.15, -0.1) is 0 Å². The predicted octanol–water partition coefficient (Wildman–Crippen LogP) is 3.08. The molecule has 1 aromatic rings. The number of methoxy groups -OCH3 is 1. The fourth-order valence-corrected chi connectivity index (χ4v) is 5.05. The van der Waals surface area contributed by atoms with Crippen LogP contribution in [0.4, 0.5) is 0 Å². The van der Waals surface area contributed by atoms with E-state index in [9.17, 15) is 5.11 Å². The second-order valence-electron chi connectivity index (χ2n) is 8.90. The van der Waals surface area contributed by atoms with Crippen LogP contribution in [0.1, 0.15) is 44.4 Å². The second-order valence-corrected chi connectivity index (χ2v) is 9.69. The molecule has 156 valence electrons. The lowest BCUT2D eigenvalue weighted by atomic mass is 9.84. The maximum Gasteiger partial charge on any atom is 0.176 e. The number of hydrogen-bond acceptors (Lipinski definition) is 6. The highest BCUT2D eigenvalue weighted by molar-refractivity contribution is 9.10. The van der Waals surface area contributed by atoms with Crippen molar-refractivity contribution < 1.29 is 24.1 Å². The number of nitrogens with zero attached hydrogens (tertiary/aromatic N) is 1. The molecule has 1 aromatic carbocycles. The van der Waals surface area contributed by atoms with Crippen molar-refractivity contribution in [2.75, 3.05) is 33.4 Å². The van der Waals surface area contributed by atoms with Gasteiger partial charge in [-0.1, -0.05) is 0 Å². The van der Waals surface area contributed by atoms with Crippen LogP contribution >= 0.6 is 15.9 Å². The average Bonchev–Trinajstić information content (AvgIpc) is 2.58. The Hall–Kier alpha value is -0.860. The zero-order valence-corrected chi connectivity index (χ0v) is 18.6. The number of aliphatic hydroxyl groups excluding tert-OH is 1. The minimum absolute atomic E-state index is 0.0788. The second kappa shape index (κ2) is 7.76. The monoisotopic (exact) mass is 455 g/mol. The number of ether oxygens (including phenoxy) is 4. The van der Waals surface area contributed by atoms with Crippen LogP contribution in [-0.4, -0.2) is 67.3 Å². The van der Waals surface area contributed by atoms with Crippen molar-refractivity contribution in [2.45, 2.75) is 63.6 Å². The van der Waals surface area contributed by atoms with E-state index in [0.29, 0.717) is 19.6 Å². The zero-order chi connectivity index (χ0) is 20.1. The molecule has 0 amide bonds. The molecule has 0 unspecified atom stereocenters. The van der Waals surface area contributed by atoms with Gasteiger partial charge in [-0.2, -0.15) is 0 Å². The molecular formula is C21H30BrNO5. The standard InChI is InChI=1S/C21H30BrNO5/c1-21(2,3)28-18-9-23-6-5-13-14(15(23)8-16(18)24)7-17(25-4)20(19(13)22)27-12-10-26-11-12/h7,12,15-16,18,24H,5-6,8-11H2,1-4H3/t15-,16-,18-/m1/s1. The zero-order valence-electron chi connectivity index (χ0n) is 17.0. The van der Waals surface area contributed by atoms with Gasteiger partial charge in [0.05, 0.1) is 42.6 Å². The van der Waals surface area contributed by atoms with Gasteiger partial charge in [0, 0.05) is 19.1 Å². The first-order chi connectivity index (χ1) is 13.3. The van der Waals surface area contributed by atoms with Crippen LogP contribution in [0, 0.1) is 0 Å². The topological polar surface area (TPSA) is 60.4 Å². The lowest BCUT2D eigenvalue weighted by Crippen LogP contribution is -2.53. The number of aliphatic hydroxyl groups is 1. The van der Waals surface area contributed by atoms with E-state index in [-0.39, 0.29) is 23.9 Å². The Kier molecular flexibility index (Phi) is 5.66. The summed E-state index contributed by atoms with van der Waals surface area (Å²) in [6.45, 7) is 9.01. The highest BCUT2D eigenvalue weighted by Crippen LogP contribution is 2.47. The van der Waals surface area contributed by atoms with Gasteiger partial charge in [-0.3, -0.25) is 4.90 Å². The number of hydrogen-bond donors (Lipinski definition) is 1. The highest BCUT2D eigenvalue weighted by atomic mass is 79.9. The summed E-state index contributed by atoms with van der Waals surface area (Å²) in [7, 11) is 1.67. The Balaban J connectivity index is 1.61. The Morgan fingerprint density at radius 2 is 2.04 bits per heavy atom. The van der Waals surface area contributed by atoms with E-state index in [1.807, 2.05) is 20.8 Å². The quantitative estimate of drug-likeness (QED) is 0.752. The van der Waals surface area contributed by atoms with Crippen molar-refractivity contribution in [1.29, 1.82) is 0 Å². The molecule has 0 radical (unpaired) electrons. The van der Waals surface area contributed by atoms with Crippen molar-refractivity contribution in [2.24, 2.45) is 0 Å². The fraction of sp³-hybridized carbons (Fsp3) is 0.714. The largest absolute Gasteiger partial charge is 0.493 e. The van der Waals surface area contributed by atoms with Gasteiger partial charge in [0.15, 0.2) is 11.5 Å². The first kappa shape index (κ1) is 20.4. The van der Waals surface area contributed by atoms with E-state index in [1.54, 1.807) is 7.11 Å². The third kappa shape index (κ3) is 3.92. The number of halogens is 1. The Morgan fingerprint density at radius 1 is 1.29 bits per heavy atom. The summed E-state index contributed by atoms with van der Waals surface area (Å²) in [5.74, 6) is 1.48. The highest BCUT2D eigenvalue weighted by Gasteiger charge is 2.41. The van der Waals surface area contributed by atoms with E-state index >= 15 is 0 Å². The molecule has 3 aliphatic rings. The Labute approximate surface area is 175 Å². The molecule has 0 bridgehead atoms. The molecule has 4 rings (SSSR count). The Morgan fingerprint density at radius 3 is 2.64 bits per heavy atom. The first-order valence-corrected chi connectivity index (χ1v) is 10.8. The maximum atomic E-state index is 10.8. The van der Waals surface area contributed by atoms with Crippen molar-refractivity contribution in [1.82, 2.24) is 4.90 Å². The number of fused-ring (bicyclic) bond motifs is 3. The number of piperidine rings is 1. The molecule has 1 N–H and O–H groups in total. The maximum absolute atomic E-state index is 10.8. The minimum atomic E-state index is -0.487. The van der Waals surface area contributed by atoms with Crippen LogP contribution in [0.2, 0.25) is 0 Å². The molecule has 3 aliphatic heterocycles. The summed E-state index contributed by atoms with van der Waals surface area (Å²) < 4.78 is 24.1. The van der Waals surface area contributed by atoms with E-state index in [0.717, 1.165) is 35.5 Å². The van der Waals surface area contributed by atoms with Gasteiger partial charge in [0.2, 0.25) is 0 Å². The van der Waals surface area contributed by atoms with Crippen molar-refractivity contribution in [3.63, 3.8) is 0 Å². The van der Waals surface area contributed by atoms with Gasteiger partial charge in [-0.25, -0.2) is 0 Å². The predicted molar refractivity (Wildman–Crippen MR) is 109 cm³/mol. The van der Waals surface area contributed by atoms with E-state index in [2.05, 4.69) is 26.9 Å². The van der Waals surface area contributed by atoms with Crippen molar-refractivity contribution in [3.05, 3.63) is 21.7 Å². The lowest BCUT2D eigenvalue weighted by Gasteiger charge is -2.47. The Bertz CT molecular complexity index is 730. The van der Waals surface area contributed by atoms with E-state index in [1.165, 1.54) is 11.1 Å². The number of rotatable bonds is 4. The third-order valence-corrected chi connectivity index (χ3v) is 6.54. The molecular weight excluding hydrogens is 426 g/mol. The van der Waals surface area contributed by atoms with Crippen LogP contribution in [0.3, 0.4) is 0 Å². The molecule has 0 aliphatic carbocycles. The van der Waals surface area contributed by atoms with Crippen LogP contribution in [0.25, 0.3) is 0 Å². The van der Waals surface area contributed by atoms with Crippen molar-refractivity contribution in [3.8, 4) is 11.5 Å². The molecule has 6 nitrogen and oxygen atoms in total. The molecule has 0 aromatic heterocycles. The lowest BCUT2D eigenvalue weighted by molar-refractivity contribution is -0.149. The summed E-state index contributed by atoms with van der Waals surface area (Å²) >= 11 is 3.77. The van der Waals surface area contributed by atoms with Crippen molar-refractivity contribution >= 4 is 15.9 Å². The SMILES string of the molecule is COc1cc2c(c(Br)c1OC1COC1)CCN1C[C@@H](OC(C)(C)C)[C@H](O)C[C@H]21. The average molecular weight is 456 g/mol. The van der Waals surface area contributed by atoms with Crippen LogP contribution in [0.15, 0.2) is 10.5 Å². The molecule has 7 heteroatoms. The molecule has 2 fully saturated rings.